The second-order valence-corrected chi connectivity index (χ2v) is 13.2. The van der Waals surface area contributed by atoms with Gasteiger partial charge in [0.25, 0.3) is 0 Å². The van der Waals surface area contributed by atoms with Crippen molar-refractivity contribution in [2.24, 2.45) is 5.92 Å². The first-order valence-electron chi connectivity index (χ1n) is 16.3. The minimum absolute atomic E-state index is 0.0178. The largest absolute Gasteiger partial charge is 0.466 e. The van der Waals surface area contributed by atoms with Crippen molar-refractivity contribution >= 4 is 17.9 Å². The van der Waals surface area contributed by atoms with E-state index in [9.17, 15) is 18.8 Å². The molecule has 2 heterocycles. The van der Waals surface area contributed by atoms with Gasteiger partial charge in [0.15, 0.2) is 0 Å². The topological polar surface area (TPSA) is 106 Å². The number of hydrogen-bond acceptors (Lipinski definition) is 6. The maximum absolute atomic E-state index is 15.9. The number of benzene rings is 2. The van der Waals surface area contributed by atoms with Crippen LogP contribution in [-0.2, 0) is 27.3 Å². The van der Waals surface area contributed by atoms with Gasteiger partial charge in [-0.15, -0.1) is 0 Å². The summed E-state index contributed by atoms with van der Waals surface area (Å²) in [5, 5.41) is 10.0. The summed E-state index contributed by atoms with van der Waals surface area (Å²) in [6.07, 6.45) is 2.43. The Balaban J connectivity index is 1.67. The number of carbonyl (C=O) groups excluding carboxylic acids is 3. The molecule has 0 saturated carbocycles. The van der Waals surface area contributed by atoms with Gasteiger partial charge in [0, 0.05) is 24.7 Å². The standard InChI is InChI=1S/C36H47F2N5O4/c1-9-47-32(44)17-29(28-16-26(13-24(8)34(28)38)33-22(6)14-27(37)15-23(33)7)40-35(45)30(12-20(2)3)41-36(46)43-31-19-42(21(4)5)11-10-25(31)18-39-43/h13-16,18,20-21,29-30H,9-12,17,19H2,1-8H3,(H,40,45)(H,41,46)/t29-,30-/m0/s1. The van der Waals surface area contributed by atoms with E-state index in [-0.39, 0.29) is 30.3 Å². The summed E-state index contributed by atoms with van der Waals surface area (Å²) < 4.78 is 36.5. The number of halogens is 2. The van der Waals surface area contributed by atoms with Crippen LogP contribution in [0, 0.1) is 38.3 Å². The first-order chi connectivity index (χ1) is 22.2. The quantitative estimate of drug-likeness (QED) is 0.236. The van der Waals surface area contributed by atoms with Gasteiger partial charge < -0.3 is 15.4 Å². The third kappa shape index (κ3) is 8.43. The van der Waals surface area contributed by atoms with Crippen LogP contribution >= 0.6 is 0 Å². The second-order valence-electron chi connectivity index (χ2n) is 13.2. The Labute approximate surface area is 276 Å². The molecule has 4 rings (SSSR count). The average molecular weight is 652 g/mol. The number of rotatable bonds is 11. The first-order valence-corrected chi connectivity index (χ1v) is 16.3. The molecule has 1 aliphatic rings. The van der Waals surface area contributed by atoms with Crippen molar-refractivity contribution in [3.05, 3.63) is 75.6 Å². The fraction of sp³-hybridized carbons (Fsp3) is 0.500. The number of aromatic nitrogens is 2. The molecule has 2 aromatic carbocycles. The summed E-state index contributed by atoms with van der Waals surface area (Å²) in [5.41, 5.74) is 4.87. The van der Waals surface area contributed by atoms with Gasteiger partial charge in [-0.05, 0) is 118 Å². The molecule has 0 saturated heterocycles. The number of amides is 2. The minimum atomic E-state index is -1.11. The van der Waals surface area contributed by atoms with Crippen LogP contribution in [0.15, 0.2) is 30.5 Å². The molecular formula is C36H47F2N5O4. The molecule has 1 aromatic heterocycles. The van der Waals surface area contributed by atoms with E-state index >= 15 is 4.39 Å². The predicted molar refractivity (Wildman–Crippen MR) is 177 cm³/mol. The Kier molecular flexibility index (Phi) is 11.5. The van der Waals surface area contributed by atoms with Crippen LogP contribution in [0.5, 0.6) is 0 Å². The van der Waals surface area contributed by atoms with Crippen LogP contribution in [0.1, 0.15) is 87.0 Å². The molecule has 2 atom stereocenters. The molecule has 11 heteroatoms. The van der Waals surface area contributed by atoms with Crippen LogP contribution in [0.2, 0.25) is 0 Å². The lowest BCUT2D eigenvalue weighted by atomic mass is 9.90. The van der Waals surface area contributed by atoms with Gasteiger partial charge in [0.2, 0.25) is 5.91 Å². The second kappa shape index (κ2) is 15.2. The van der Waals surface area contributed by atoms with Crippen molar-refractivity contribution in [1.82, 2.24) is 25.3 Å². The van der Waals surface area contributed by atoms with Crippen LogP contribution in [0.3, 0.4) is 0 Å². The Bertz CT molecular complexity index is 1610. The van der Waals surface area contributed by atoms with Gasteiger partial charge >= 0.3 is 12.0 Å². The number of esters is 1. The van der Waals surface area contributed by atoms with Crippen LogP contribution < -0.4 is 10.6 Å². The number of carbonyl (C=O) groups is 3. The molecule has 3 aromatic rings. The minimum Gasteiger partial charge on any atom is -0.466 e. The third-order valence-corrected chi connectivity index (χ3v) is 8.66. The van der Waals surface area contributed by atoms with Crippen molar-refractivity contribution < 1.29 is 27.9 Å². The van der Waals surface area contributed by atoms with E-state index in [1.807, 2.05) is 13.8 Å². The number of aryl methyl sites for hydroxylation is 3. The Morgan fingerprint density at radius 1 is 0.979 bits per heavy atom. The van der Waals surface area contributed by atoms with Crippen LogP contribution in [0.25, 0.3) is 11.1 Å². The highest BCUT2D eigenvalue weighted by molar-refractivity contribution is 5.88. The molecule has 0 bridgehead atoms. The van der Waals surface area contributed by atoms with Crippen molar-refractivity contribution in [1.29, 1.82) is 0 Å². The van der Waals surface area contributed by atoms with Crippen molar-refractivity contribution in [3.8, 4) is 11.1 Å². The number of hydrogen-bond donors (Lipinski definition) is 2. The molecule has 1 aliphatic heterocycles. The molecule has 254 valence electrons. The van der Waals surface area contributed by atoms with Crippen molar-refractivity contribution in [2.45, 2.75) is 99.3 Å². The monoisotopic (exact) mass is 651 g/mol. The summed E-state index contributed by atoms with van der Waals surface area (Å²) >= 11 is 0. The average Bonchev–Trinajstić information content (AvgIpc) is 3.41. The highest BCUT2D eigenvalue weighted by Gasteiger charge is 2.31. The van der Waals surface area contributed by atoms with Crippen LogP contribution in [0.4, 0.5) is 13.6 Å². The van der Waals surface area contributed by atoms with E-state index in [2.05, 4.69) is 34.5 Å². The number of nitrogens with zero attached hydrogens (tertiary/aromatic N) is 3. The van der Waals surface area contributed by atoms with Gasteiger partial charge in [-0.1, -0.05) is 13.8 Å². The molecular weight excluding hydrogens is 604 g/mol. The summed E-state index contributed by atoms with van der Waals surface area (Å²) in [6, 6.07) is 3.74. The zero-order chi connectivity index (χ0) is 34.6. The highest BCUT2D eigenvalue weighted by Crippen LogP contribution is 2.34. The summed E-state index contributed by atoms with van der Waals surface area (Å²) in [6.45, 7) is 16.4. The fourth-order valence-corrected chi connectivity index (χ4v) is 6.31. The third-order valence-electron chi connectivity index (χ3n) is 8.66. The van der Waals surface area contributed by atoms with Crippen LogP contribution in [-0.4, -0.2) is 57.8 Å². The fourth-order valence-electron chi connectivity index (χ4n) is 6.31. The SMILES string of the molecule is CCOC(=O)C[C@H](NC(=O)[C@H](CC(C)C)NC(=O)n1ncc2c1CN(C(C)C)CC2)c1cc(-c2c(C)cc(F)cc2C)cc(C)c1F. The maximum Gasteiger partial charge on any atom is 0.343 e. The highest BCUT2D eigenvalue weighted by atomic mass is 19.1. The molecule has 0 radical (unpaired) electrons. The molecule has 0 spiro atoms. The summed E-state index contributed by atoms with van der Waals surface area (Å²) in [4.78, 5) is 42.6. The zero-order valence-corrected chi connectivity index (χ0v) is 28.7. The molecule has 9 nitrogen and oxygen atoms in total. The van der Waals surface area contributed by atoms with Gasteiger partial charge in [0.05, 0.1) is 31.0 Å². The Morgan fingerprint density at radius 3 is 2.28 bits per heavy atom. The van der Waals surface area contributed by atoms with E-state index < -0.39 is 35.8 Å². The lowest BCUT2D eigenvalue weighted by Gasteiger charge is -2.30. The van der Waals surface area contributed by atoms with Crippen molar-refractivity contribution in [3.63, 3.8) is 0 Å². The smallest absolute Gasteiger partial charge is 0.343 e. The lowest BCUT2D eigenvalue weighted by Crippen LogP contribution is -2.50. The normalized spacial score (nSPS) is 14.6. The molecule has 47 heavy (non-hydrogen) atoms. The Hall–Kier alpha value is -4.12. The van der Waals surface area contributed by atoms with Gasteiger partial charge in [-0.3, -0.25) is 14.5 Å². The summed E-state index contributed by atoms with van der Waals surface area (Å²) in [5.74, 6) is -2.12. The molecule has 2 amide bonds. The Morgan fingerprint density at radius 2 is 1.66 bits per heavy atom. The molecule has 0 fully saturated rings. The van der Waals surface area contributed by atoms with E-state index in [0.717, 1.165) is 29.8 Å². The van der Waals surface area contributed by atoms with E-state index in [4.69, 9.17) is 4.74 Å². The zero-order valence-electron chi connectivity index (χ0n) is 28.7. The number of nitrogens with one attached hydrogen (secondary N) is 2. The van der Waals surface area contributed by atoms with Gasteiger partial charge in [-0.2, -0.15) is 9.78 Å². The number of fused-ring (bicyclic) bond motifs is 1. The van der Waals surface area contributed by atoms with Gasteiger partial charge in [0.1, 0.15) is 17.7 Å². The number of ether oxygens (including phenoxy) is 1. The van der Waals surface area contributed by atoms with E-state index in [1.165, 1.54) is 16.8 Å². The van der Waals surface area contributed by atoms with Gasteiger partial charge in [-0.25, -0.2) is 13.6 Å². The maximum atomic E-state index is 15.9. The van der Waals surface area contributed by atoms with E-state index in [0.29, 0.717) is 41.3 Å². The predicted octanol–water partition coefficient (Wildman–Crippen LogP) is 6.30. The lowest BCUT2D eigenvalue weighted by molar-refractivity contribution is -0.143. The molecule has 2 N–H and O–H groups in total. The van der Waals surface area contributed by atoms with E-state index in [1.54, 1.807) is 46.0 Å². The van der Waals surface area contributed by atoms with Crippen molar-refractivity contribution in [2.75, 3.05) is 13.2 Å². The summed E-state index contributed by atoms with van der Waals surface area (Å²) in [7, 11) is 0. The first kappa shape index (κ1) is 35.7. The molecule has 0 unspecified atom stereocenters. The molecule has 0 aliphatic carbocycles.